The Kier molecular flexibility index (Phi) is 7.08. The molecule has 0 amide bonds. The van der Waals surface area contributed by atoms with Crippen molar-refractivity contribution in [3.8, 4) is 5.75 Å². The summed E-state index contributed by atoms with van der Waals surface area (Å²) in [6, 6.07) is 4.28. The second-order valence-corrected chi connectivity index (χ2v) is 5.03. The predicted molar refractivity (Wildman–Crippen MR) is 73.2 cm³/mol. The quantitative estimate of drug-likeness (QED) is 0.408. The number of esters is 2. The SMILES string of the molecule is O=C(CCC(=O)Oc1cccc(Cl)c1Cl)OCC(F)(F)C(F)F. The molecule has 1 aromatic rings. The van der Waals surface area contributed by atoms with E-state index in [9.17, 15) is 27.2 Å². The zero-order valence-electron chi connectivity index (χ0n) is 11.3. The standard InChI is InChI=1S/C13H10Cl2F4O4/c14-7-2-1-3-8(11(7)15)23-10(21)5-4-9(20)22-6-13(18,19)12(16)17/h1-3,12H,4-6H2. The van der Waals surface area contributed by atoms with Crippen LogP contribution in [0.2, 0.25) is 10.0 Å². The van der Waals surface area contributed by atoms with E-state index in [-0.39, 0.29) is 15.8 Å². The molecule has 10 heteroatoms. The summed E-state index contributed by atoms with van der Waals surface area (Å²) in [6.45, 7) is -1.77. The van der Waals surface area contributed by atoms with E-state index in [1.54, 1.807) is 0 Å². The number of alkyl halides is 4. The minimum atomic E-state index is -4.44. The molecular weight excluding hydrogens is 367 g/mol. The lowest BCUT2D eigenvalue weighted by atomic mass is 10.3. The van der Waals surface area contributed by atoms with Crippen molar-refractivity contribution in [2.45, 2.75) is 25.2 Å². The number of carbonyl (C=O) groups is 2. The van der Waals surface area contributed by atoms with Crippen LogP contribution in [0.3, 0.4) is 0 Å². The Bertz CT molecular complexity index is 581. The van der Waals surface area contributed by atoms with Gasteiger partial charge in [-0.15, -0.1) is 0 Å². The zero-order chi connectivity index (χ0) is 17.6. The van der Waals surface area contributed by atoms with Gasteiger partial charge in [-0.2, -0.15) is 8.78 Å². The van der Waals surface area contributed by atoms with E-state index < -0.39 is 43.7 Å². The van der Waals surface area contributed by atoms with Crippen molar-refractivity contribution in [2.24, 2.45) is 0 Å². The molecule has 0 radical (unpaired) electrons. The highest BCUT2D eigenvalue weighted by Crippen LogP contribution is 2.31. The van der Waals surface area contributed by atoms with Crippen LogP contribution in [-0.2, 0) is 14.3 Å². The van der Waals surface area contributed by atoms with Crippen LogP contribution in [0.25, 0.3) is 0 Å². The van der Waals surface area contributed by atoms with Crippen molar-refractivity contribution in [3.05, 3.63) is 28.2 Å². The Morgan fingerprint density at radius 2 is 1.74 bits per heavy atom. The van der Waals surface area contributed by atoms with Crippen molar-refractivity contribution < 1.29 is 36.6 Å². The number of rotatable bonds is 7. The fraction of sp³-hybridized carbons (Fsp3) is 0.385. The minimum Gasteiger partial charge on any atom is -0.459 e. The van der Waals surface area contributed by atoms with Crippen molar-refractivity contribution in [1.29, 1.82) is 0 Å². The van der Waals surface area contributed by atoms with E-state index in [1.165, 1.54) is 18.2 Å². The van der Waals surface area contributed by atoms with Gasteiger partial charge >= 0.3 is 24.3 Å². The lowest BCUT2D eigenvalue weighted by Crippen LogP contribution is -2.33. The first-order chi connectivity index (χ1) is 10.6. The Hall–Kier alpha value is -1.54. The summed E-state index contributed by atoms with van der Waals surface area (Å²) < 4.78 is 57.6. The molecule has 1 aromatic carbocycles. The molecule has 4 nitrogen and oxygen atoms in total. The molecule has 1 rings (SSSR count). The van der Waals surface area contributed by atoms with Gasteiger partial charge in [0.2, 0.25) is 0 Å². The Morgan fingerprint density at radius 1 is 1.13 bits per heavy atom. The summed E-state index contributed by atoms with van der Waals surface area (Å²) in [6.07, 6.45) is -5.08. The van der Waals surface area contributed by atoms with Gasteiger partial charge in [0.1, 0.15) is 5.02 Å². The normalized spacial score (nSPS) is 11.4. The molecule has 0 unspecified atom stereocenters. The highest BCUT2D eigenvalue weighted by molar-refractivity contribution is 6.43. The first-order valence-corrected chi connectivity index (χ1v) is 6.85. The molecule has 0 saturated carbocycles. The molecule has 0 aromatic heterocycles. The van der Waals surface area contributed by atoms with Gasteiger partial charge in [-0.25, -0.2) is 8.78 Å². The monoisotopic (exact) mass is 376 g/mol. The summed E-state index contributed by atoms with van der Waals surface area (Å²) in [4.78, 5) is 22.6. The molecule has 0 heterocycles. The van der Waals surface area contributed by atoms with Gasteiger partial charge in [0.25, 0.3) is 0 Å². The highest BCUT2D eigenvalue weighted by Gasteiger charge is 2.42. The van der Waals surface area contributed by atoms with Gasteiger partial charge in [-0.1, -0.05) is 29.3 Å². The molecule has 0 aliphatic carbocycles. The molecule has 0 bridgehead atoms. The van der Waals surface area contributed by atoms with Crippen LogP contribution >= 0.6 is 23.2 Å². The van der Waals surface area contributed by atoms with Gasteiger partial charge < -0.3 is 9.47 Å². The van der Waals surface area contributed by atoms with Gasteiger partial charge in [0.05, 0.1) is 17.9 Å². The Balaban J connectivity index is 2.41. The second kappa shape index (κ2) is 8.35. The zero-order valence-corrected chi connectivity index (χ0v) is 12.8. The van der Waals surface area contributed by atoms with Gasteiger partial charge in [-0.05, 0) is 12.1 Å². The molecule has 0 aliphatic rings. The van der Waals surface area contributed by atoms with Crippen molar-refractivity contribution in [2.75, 3.05) is 6.61 Å². The average molecular weight is 377 g/mol. The van der Waals surface area contributed by atoms with E-state index in [4.69, 9.17) is 27.9 Å². The van der Waals surface area contributed by atoms with Crippen LogP contribution in [0.1, 0.15) is 12.8 Å². The fourth-order valence-electron chi connectivity index (χ4n) is 1.25. The number of hydrogen-bond acceptors (Lipinski definition) is 4. The number of ether oxygens (including phenoxy) is 2. The smallest absolute Gasteiger partial charge is 0.340 e. The van der Waals surface area contributed by atoms with Crippen LogP contribution in [0.5, 0.6) is 5.75 Å². The maximum absolute atomic E-state index is 12.5. The molecule has 23 heavy (non-hydrogen) atoms. The third-order valence-electron chi connectivity index (χ3n) is 2.42. The van der Waals surface area contributed by atoms with Crippen molar-refractivity contribution in [1.82, 2.24) is 0 Å². The number of carbonyl (C=O) groups excluding carboxylic acids is 2. The summed E-state index contributed by atoms with van der Waals surface area (Å²) in [5.74, 6) is -6.61. The maximum atomic E-state index is 12.5. The maximum Gasteiger partial charge on any atom is 0.340 e. The molecular formula is C13H10Cl2F4O4. The second-order valence-electron chi connectivity index (χ2n) is 4.25. The Labute approximate surface area is 138 Å². The predicted octanol–water partition coefficient (Wildman–Crippen LogP) is 4.12. The fourth-order valence-corrected chi connectivity index (χ4v) is 1.58. The average Bonchev–Trinajstić information content (AvgIpc) is 2.47. The van der Waals surface area contributed by atoms with E-state index in [2.05, 4.69) is 4.74 Å². The van der Waals surface area contributed by atoms with E-state index in [0.717, 1.165) is 0 Å². The van der Waals surface area contributed by atoms with E-state index >= 15 is 0 Å². The molecule has 0 aliphatic heterocycles. The molecule has 0 atom stereocenters. The summed E-state index contributed by atoms with van der Waals surface area (Å²) in [5.41, 5.74) is 0. The molecule has 0 spiro atoms. The summed E-state index contributed by atoms with van der Waals surface area (Å²) in [5, 5.41) is 0.132. The lowest BCUT2D eigenvalue weighted by molar-refractivity contribution is -0.180. The Morgan fingerprint density at radius 3 is 2.35 bits per heavy atom. The molecule has 0 N–H and O–H groups in total. The van der Waals surface area contributed by atoms with E-state index in [0.29, 0.717) is 0 Å². The summed E-state index contributed by atoms with van der Waals surface area (Å²) in [7, 11) is 0. The van der Waals surface area contributed by atoms with Gasteiger partial charge in [0.15, 0.2) is 12.4 Å². The molecule has 0 fully saturated rings. The first kappa shape index (κ1) is 19.5. The number of hydrogen-bond donors (Lipinski definition) is 0. The highest BCUT2D eigenvalue weighted by atomic mass is 35.5. The van der Waals surface area contributed by atoms with E-state index in [1.807, 2.05) is 0 Å². The van der Waals surface area contributed by atoms with Crippen molar-refractivity contribution in [3.63, 3.8) is 0 Å². The van der Waals surface area contributed by atoms with Crippen LogP contribution in [-0.4, -0.2) is 30.9 Å². The van der Waals surface area contributed by atoms with Crippen LogP contribution < -0.4 is 4.74 Å². The van der Waals surface area contributed by atoms with Gasteiger partial charge in [0, 0.05) is 0 Å². The largest absolute Gasteiger partial charge is 0.459 e. The third kappa shape index (κ3) is 6.23. The third-order valence-corrected chi connectivity index (χ3v) is 3.22. The van der Waals surface area contributed by atoms with Crippen LogP contribution in [0, 0.1) is 0 Å². The summed E-state index contributed by atoms with van der Waals surface area (Å²) >= 11 is 11.5. The lowest BCUT2D eigenvalue weighted by Gasteiger charge is -2.14. The number of benzene rings is 1. The molecule has 0 saturated heterocycles. The van der Waals surface area contributed by atoms with Crippen molar-refractivity contribution >= 4 is 35.1 Å². The first-order valence-electron chi connectivity index (χ1n) is 6.10. The van der Waals surface area contributed by atoms with Crippen LogP contribution in [0.15, 0.2) is 18.2 Å². The minimum absolute atomic E-state index is 0.0123. The van der Waals surface area contributed by atoms with Gasteiger partial charge in [-0.3, -0.25) is 9.59 Å². The van der Waals surface area contributed by atoms with Crippen LogP contribution in [0.4, 0.5) is 17.6 Å². The topological polar surface area (TPSA) is 52.6 Å². The molecule has 128 valence electrons. The number of halogens is 6.